The summed E-state index contributed by atoms with van der Waals surface area (Å²) in [5, 5.41) is 0. The van der Waals surface area contributed by atoms with Crippen LogP contribution >= 0.6 is 0 Å². The molecular formula is C16H16N3+. The Labute approximate surface area is 112 Å². The van der Waals surface area contributed by atoms with Crippen molar-refractivity contribution in [3.05, 3.63) is 71.8 Å². The maximum absolute atomic E-state index is 5.89. The molecule has 94 valence electrons. The standard InChI is InChI=1S/C16H16N3/c1-18-14-4-2-3-5-15(14)19-13-8-7-12(17)10-11(13)6-9-16(18)19/h2-10,13,15H,17H2,1H3/q+1. The highest BCUT2D eigenvalue weighted by Crippen LogP contribution is 2.34. The van der Waals surface area contributed by atoms with Gasteiger partial charge in [0.25, 0.3) is 5.82 Å². The van der Waals surface area contributed by atoms with Crippen molar-refractivity contribution in [2.45, 2.75) is 12.1 Å². The molecule has 0 aromatic carbocycles. The van der Waals surface area contributed by atoms with E-state index in [1.807, 2.05) is 6.08 Å². The minimum absolute atomic E-state index is 0.286. The maximum Gasteiger partial charge on any atom is 0.278 e. The second-order valence-electron chi connectivity index (χ2n) is 5.22. The lowest BCUT2D eigenvalue weighted by Crippen LogP contribution is -2.43. The lowest BCUT2D eigenvalue weighted by atomic mass is 9.94. The molecule has 0 aromatic rings. The van der Waals surface area contributed by atoms with E-state index in [4.69, 9.17) is 5.73 Å². The number of rotatable bonds is 0. The van der Waals surface area contributed by atoms with Crippen LogP contribution in [0.15, 0.2) is 71.8 Å². The van der Waals surface area contributed by atoms with Gasteiger partial charge in [-0.1, -0.05) is 12.2 Å². The highest BCUT2D eigenvalue weighted by atomic mass is 15.4. The van der Waals surface area contributed by atoms with Gasteiger partial charge < -0.3 is 5.73 Å². The normalized spacial score (nSPS) is 30.6. The zero-order valence-corrected chi connectivity index (χ0v) is 10.8. The minimum atomic E-state index is 0.286. The lowest BCUT2D eigenvalue weighted by Gasteiger charge is -2.30. The van der Waals surface area contributed by atoms with E-state index in [9.17, 15) is 0 Å². The van der Waals surface area contributed by atoms with Gasteiger partial charge in [0, 0.05) is 17.3 Å². The summed E-state index contributed by atoms with van der Waals surface area (Å²) in [6.07, 6.45) is 19.3. The molecule has 4 rings (SSSR count). The van der Waals surface area contributed by atoms with Crippen molar-refractivity contribution in [3.8, 4) is 0 Å². The van der Waals surface area contributed by atoms with Crippen LogP contribution in [0.2, 0.25) is 0 Å². The van der Waals surface area contributed by atoms with Gasteiger partial charge in [0.05, 0.1) is 7.05 Å². The fraction of sp³-hybridized carbons (Fsp3) is 0.188. The fourth-order valence-electron chi connectivity index (χ4n) is 3.24. The molecule has 19 heavy (non-hydrogen) atoms. The highest BCUT2D eigenvalue weighted by Gasteiger charge is 2.46. The summed E-state index contributed by atoms with van der Waals surface area (Å²) in [4.78, 5) is 2.45. The van der Waals surface area contributed by atoms with Crippen molar-refractivity contribution in [2.75, 3.05) is 7.05 Å². The van der Waals surface area contributed by atoms with E-state index >= 15 is 0 Å². The summed E-state index contributed by atoms with van der Waals surface area (Å²) in [6.45, 7) is 0. The second kappa shape index (κ2) is 3.60. The van der Waals surface area contributed by atoms with Crippen molar-refractivity contribution in [3.63, 3.8) is 0 Å². The molecule has 4 aliphatic rings. The summed E-state index contributed by atoms with van der Waals surface area (Å²) < 4.78 is 2.27. The van der Waals surface area contributed by atoms with Crippen molar-refractivity contribution < 1.29 is 4.58 Å². The molecule has 0 saturated carbocycles. The average Bonchev–Trinajstić information content (AvgIpc) is 2.73. The van der Waals surface area contributed by atoms with Crippen LogP contribution in [0.25, 0.3) is 0 Å². The predicted molar refractivity (Wildman–Crippen MR) is 76.5 cm³/mol. The van der Waals surface area contributed by atoms with Crippen LogP contribution in [0.4, 0.5) is 0 Å². The molecular weight excluding hydrogens is 234 g/mol. The van der Waals surface area contributed by atoms with Gasteiger partial charge in [-0.2, -0.15) is 0 Å². The van der Waals surface area contributed by atoms with Gasteiger partial charge in [0.1, 0.15) is 6.04 Å². The van der Waals surface area contributed by atoms with Crippen LogP contribution < -0.4 is 5.73 Å². The molecule has 0 spiro atoms. The molecule has 0 saturated heterocycles. The smallest absolute Gasteiger partial charge is 0.278 e. The molecule has 2 unspecified atom stereocenters. The first-order chi connectivity index (χ1) is 9.25. The SMILES string of the molecule is C[N+]1=C2C=CC=CC2N2C1=CC=C1C=C(N)C=CC12. The molecule has 3 nitrogen and oxygen atoms in total. The number of hydrogen-bond donors (Lipinski definition) is 1. The van der Waals surface area contributed by atoms with E-state index in [0.717, 1.165) is 5.70 Å². The molecule has 2 aliphatic carbocycles. The van der Waals surface area contributed by atoms with Gasteiger partial charge >= 0.3 is 0 Å². The lowest BCUT2D eigenvalue weighted by molar-refractivity contribution is -0.451. The molecule has 0 bridgehead atoms. The zero-order valence-electron chi connectivity index (χ0n) is 10.8. The first-order valence-electron chi connectivity index (χ1n) is 6.57. The topological polar surface area (TPSA) is 32.3 Å². The third-order valence-electron chi connectivity index (χ3n) is 4.14. The summed E-state index contributed by atoms with van der Waals surface area (Å²) in [5.74, 6) is 1.25. The Hall–Kier alpha value is -2.29. The Kier molecular flexibility index (Phi) is 2.01. The van der Waals surface area contributed by atoms with Crippen LogP contribution in [0.1, 0.15) is 0 Å². The Morgan fingerprint density at radius 1 is 1.11 bits per heavy atom. The third kappa shape index (κ3) is 1.35. The summed E-state index contributed by atoms with van der Waals surface area (Å²) in [7, 11) is 2.13. The Morgan fingerprint density at radius 3 is 2.89 bits per heavy atom. The number of fused-ring (bicyclic) bond motifs is 5. The Bertz CT molecular complexity index is 668. The van der Waals surface area contributed by atoms with Crippen LogP contribution in [0.5, 0.6) is 0 Å². The van der Waals surface area contributed by atoms with Crippen LogP contribution in [0.3, 0.4) is 0 Å². The van der Waals surface area contributed by atoms with Crippen molar-refractivity contribution in [2.24, 2.45) is 5.73 Å². The van der Waals surface area contributed by atoms with Gasteiger partial charge in [-0.05, 0) is 36.5 Å². The highest BCUT2D eigenvalue weighted by molar-refractivity contribution is 5.99. The molecule has 2 N–H and O–H groups in total. The quantitative estimate of drug-likeness (QED) is 0.660. The third-order valence-corrected chi connectivity index (χ3v) is 4.14. The Balaban J connectivity index is 1.86. The fourth-order valence-corrected chi connectivity index (χ4v) is 3.24. The van der Waals surface area contributed by atoms with Gasteiger partial charge in [-0.3, -0.25) is 0 Å². The number of allylic oxidation sites excluding steroid dienone is 5. The van der Waals surface area contributed by atoms with Crippen LogP contribution in [-0.4, -0.2) is 34.3 Å². The van der Waals surface area contributed by atoms with Crippen LogP contribution in [0, 0.1) is 0 Å². The maximum atomic E-state index is 5.89. The molecule has 0 radical (unpaired) electrons. The largest absolute Gasteiger partial charge is 0.399 e. The van der Waals surface area contributed by atoms with E-state index in [0.29, 0.717) is 6.04 Å². The predicted octanol–water partition coefficient (Wildman–Crippen LogP) is 1.44. The van der Waals surface area contributed by atoms with Crippen molar-refractivity contribution in [1.82, 2.24) is 4.90 Å². The first kappa shape index (κ1) is 10.6. The Morgan fingerprint density at radius 2 is 2.00 bits per heavy atom. The van der Waals surface area contributed by atoms with Gasteiger partial charge in [0.2, 0.25) is 0 Å². The molecule has 0 fully saturated rings. The van der Waals surface area contributed by atoms with E-state index in [2.05, 4.69) is 65.1 Å². The van der Waals surface area contributed by atoms with Crippen molar-refractivity contribution >= 4 is 5.71 Å². The molecule has 0 amide bonds. The minimum Gasteiger partial charge on any atom is -0.399 e. The summed E-state index contributed by atoms with van der Waals surface area (Å²) >= 11 is 0. The average molecular weight is 250 g/mol. The van der Waals surface area contributed by atoms with Crippen LogP contribution in [-0.2, 0) is 0 Å². The van der Waals surface area contributed by atoms with E-state index in [1.165, 1.54) is 17.1 Å². The summed E-state index contributed by atoms with van der Waals surface area (Å²) in [6, 6.07) is 0.612. The monoisotopic (exact) mass is 250 g/mol. The molecule has 2 aliphatic heterocycles. The molecule has 3 heteroatoms. The second-order valence-corrected chi connectivity index (χ2v) is 5.22. The van der Waals surface area contributed by atoms with Gasteiger partial charge in [0.15, 0.2) is 11.8 Å². The number of nitrogens with two attached hydrogens (primary N) is 1. The van der Waals surface area contributed by atoms with E-state index < -0.39 is 0 Å². The van der Waals surface area contributed by atoms with Crippen molar-refractivity contribution in [1.29, 1.82) is 0 Å². The molecule has 2 heterocycles. The van der Waals surface area contributed by atoms with Gasteiger partial charge in [-0.15, -0.1) is 0 Å². The zero-order chi connectivity index (χ0) is 13.0. The molecule has 0 aromatic heterocycles. The van der Waals surface area contributed by atoms with E-state index in [-0.39, 0.29) is 6.04 Å². The number of hydrogen-bond acceptors (Lipinski definition) is 2. The van der Waals surface area contributed by atoms with E-state index in [1.54, 1.807) is 0 Å². The molecule has 2 atom stereocenters. The number of nitrogens with zero attached hydrogens (tertiary/aromatic N) is 2. The summed E-state index contributed by atoms with van der Waals surface area (Å²) in [5.41, 5.74) is 9.32. The first-order valence-corrected chi connectivity index (χ1v) is 6.57. The van der Waals surface area contributed by atoms with Gasteiger partial charge in [-0.25, -0.2) is 9.48 Å².